The van der Waals surface area contributed by atoms with Crippen LogP contribution in [0.1, 0.15) is 56.8 Å². The molecule has 0 bridgehead atoms. The molecule has 11 heteroatoms. The van der Waals surface area contributed by atoms with Crippen molar-refractivity contribution in [2.24, 2.45) is 7.05 Å². The van der Waals surface area contributed by atoms with Gasteiger partial charge in [0.05, 0.1) is 17.9 Å². The molecule has 1 aromatic carbocycles. The molecule has 1 aromatic heterocycles. The molecular weight excluding hydrogens is 475 g/mol. The summed E-state index contributed by atoms with van der Waals surface area (Å²) in [6, 6.07) is 1.63. The van der Waals surface area contributed by atoms with Crippen molar-refractivity contribution in [3.05, 3.63) is 40.7 Å². The van der Waals surface area contributed by atoms with E-state index in [4.69, 9.17) is 0 Å². The molecule has 0 radical (unpaired) electrons. The van der Waals surface area contributed by atoms with Gasteiger partial charge in [0.15, 0.2) is 0 Å². The van der Waals surface area contributed by atoms with Gasteiger partial charge in [-0.25, -0.2) is 13.8 Å². The van der Waals surface area contributed by atoms with Gasteiger partial charge in [0.2, 0.25) is 0 Å². The number of carbonyl (C=O) groups excluding carboxylic acids is 1. The number of hydrogen-bond acceptors (Lipinski definition) is 5. The van der Waals surface area contributed by atoms with Crippen molar-refractivity contribution in [3.8, 4) is 0 Å². The summed E-state index contributed by atoms with van der Waals surface area (Å²) in [4.78, 5) is 15.3. The van der Waals surface area contributed by atoms with E-state index in [9.17, 15) is 13.2 Å². The van der Waals surface area contributed by atoms with Crippen LogP contribution in [0.25, 0.3) is 0 Å². The molecule has 2 amide bonds. The molecule has 1 atom stereocenters. The fourth-order valence-electron chi connectivity index (χ4n) is 5.77. The molecule has 2 aromatic rings. The number of rotatable bonds is 6. The number of carbonyl (C=O) groups is 1. The molecular formula is C24H35N6NaO3S. The van der Waals surface area contributed by atoms with Gasteiger partial charge in [0, 0.05) is 38.1 Å². The van der Waals surface area contributed by atoms with Crippen LogP contribution in [0.15, 0.2) is 18.5 Å². The van der Waals surface area contributed by atoms with Crippen LogP contribution >= 0.6 is 0 Å². The van der Waals surface area contributed by atoms with Crippen LogP contribution in [0, 0.1) is 0 Å². The summed E-state index contributed by atoms with van der Waals surface area (Å²) in [5.74, 6) is 0. The third-order valence-electron chi connectivity index (χ3n) is 7.39. The first-order valence-corrected chi connectivity index (χ1v) is 13.7. The summed E-state index contributed by atoms with van der Waals surface area (Å²) in [6.45, 7) is 5.62. The molecule has 1 aliphatic heterocycles. The second-order valence-corrected chi connectivity index (χ2v) is 11.5. The summed E-state index contributed by atoms with van der Waals surface area (Å²) in [7, 11) is -2.40. The van der Waals surface area contributed by atoms with E-state index < -0.39 is 16.2 Å². The van der Waals surface area contributed by atoms with Crippen LogP contribution in [-0.2, 0) is 42.9 Å². The molecule has 0 spiro atoms. The fraction of sp³-hybridized carbons (Fsp3) is 0.583. The maximum atomic E-state index is 13.6. The maximum absolute atomic E-state index is 13.6. The molecule has 2 heterocycles. The minimum atomic E-state index is -4.15. The van der Waals surface area contributed by atoms with E-state index in [0.29, 0.717) is 24.7 Å². The number of nitrogens with zero attached hydrogens (tertiary/aromatic N) is 4. The zero-order valence-electron chi connectivity index (χ0n) is 22.2. The Morgan fingerprint density at radius 3 is 2.37 bits per heavy atom. The molecule has 1 fully saturated rings. The summed E-state index contributed by atoms with van der Waals surface area (Å²) in [5, 5.41) is 7.11. The number of aromatic nitrogens is 2. The van der Waals surface area contributed by atoms with Crippen molar-refractivity contribution in [2.75, 3.05) is 22.7 Å². The number of amides is 2. The summed E-state index contributed by atoms with van der Waals surface area (Å²) in [6.07, 6.45) is 9.89. The van der Waals surface area contributed by atoms with Gasteiger partial charge in [0.25, 0.3) is 0 Å². The standard InChI is InChI=1S/C24H34N6O3S.Na.H/c1-16(2)29-11-10-19(15-29)30(20-13-25-28(3)14-20)34(32,33)27-24(31)26-23-21-8-4-6-17(21)12-18-7-5-9-22(18)23;;/h12-14,16,19H,4-11,15H2,1-3H3,(H2,26,27,31);;/q;+1;-1. The van der Waals surface area contributed by atoms with Crippen molar-refractivity contribution in [2.45, 2.75) is 70.9 Å². The molecule has 9 nitrogen and oxygen atoms in total. The second kappa shape index (κ2) is 10.4. The molecule has 2 aliphatic carbocycles. The van der Waals surface area contributed by atoms with Gasteiger partial charge in [-0.3, -0.25) is 9.58 Å². The molecule has 0 saturated carbocycles. The van der Waals surface area contributed by atoms with Crippen LogP contribution in [0.4, 0.5) is 16.2 Å². The van der Waals surface area contributed by atoms with Crippen molar-refractivity contribution < 1.29 is 44.2 Å². The van der Waals surface area contributed by atoms with E-state index in [1.54, 1.807) is 17.9 Å². The van der Waals surface area contributed by atoms with Gasteiger partial charge >= 0.3 is 45.8 Å². The van der Waals surface area contributed by atoms with E-state index in [-0.39, 0.29) is 37.0 Å². The molecule has 3 aliphatic rings. The van der Waals surface area contributed by atoms with E-state index in [1.165, 1.54) is 32.8 Å². The van der Waals surface area contributed by atoms with Crippen molar-refractivity contribution in [1.82, 2.24) is 19.4 Å². The Morgan fingerprint density at radius 1 is 1.17 bits per heavy atom. The summed E-state index contributed by atoms with van der Waals surface area (Å²) < 4.78 is 32.4. The van der Waals surface area contributed by atoms with Crippen molar-refractivity contribution in [1.29, 1.82) is 0 Å². The molecule has 5 rings (SSSR count). The number of hydrogen-bond donors (Lipinski definition) is 2. The number of likely N-dealkylation sites (tertiary alicyclic amines) is 1. The molecule has 1 unspecified atom stereocenters. The number of benzene rings is 1. The minimum absolute atomic E-state index is 0. The first-order chi connectivity index (χ1) is 16.2. The number of nitrogens with one attached hydrogen (secondary N) is 2. The minimum Gasteiger partial charge on any atom is -1.00 e. The van der Waals surface area contributed by atoms with E-state index in [0.717, 1.165) is 50.8 Å². The van der Waals surface area contributed by atoms with Crippen molar-refractivity contribution >= 4 is 27.6 Å². The Kier molecular flexibility index (Phi) is 7.88. The van der Waals surface area contributed by atoms with Gasteiger partial charge < -0.3 is 6.74 Å². The smallest absolute Gasteiger partial charge is 1.00 e. The quantitative estimate of drug-likeness (QED) is 0.528. The summed E-state index contributed by atoms with van der Waals surface area (Å²) in [5.41, 5.74) is 6.20. The Bertz CT molecular complexity index is 1190. The summed E-state index contributed by atoms with van der Waals surface area (Å²) >= 11 is 0. The largest absolute Gasteiger partial charge is 1.00 e. The van der Waals surface area contributed by atoms with Gasteiger partial charge in [-0.1, -0.05) is 6.07 Å². The first kappa shape index (κ1) is 26.5. The average molecular weight is 511 g/mol. The normalized spacial score (nSPS) is 19.4. The molecule has 186 valence electrons. The Labute approximate surface area is 231 Å². The number of urea groups is 1. The van der Waals surface area contributed by atoms with Crippen molar-refractivity contribution in [3.63, 3.8) is 0 Å². The van der Waals surface area contributed by atoms with Crippen LogP contribution < -0.4 is 43.9 Å². The second-order valence-electron chi connectivity index (χ2n) is 9.99. The SMILES string of the molecule is CC(C)N1CCC(N(c2cnn(C)c2)S(=O)(=O)NC(=O)Nc2c3c(cc4c2CCC4)CCC3)C1.[H-].[Na+]. The zero-order valence-corrected chi connectivity index (χ0v) is 24.0. The van der Waals surface area contributed by atoms with Crippen LogP contribution in [-0.4, -0.2) is 54.3 Å². The third-order valence-corrected chi connectivity index (χ3v) is 8.86. The van der Waals surface area contributed by atoms with Gasteiger partial charge in [-0.2, -0.15) is 13.5 Å². The number of fused-ring (bicyclic) bond motifs is 2. The fourth-order valence-corrected chi connectivity index (χ4v) is 7.09. The van der Waals surface area contributed by atoms with Crippen LogP contribution in [0.5, 0.6) is 0 Å². The van der Waals surface area contributed by atoms with Crippen LogP contribution in [0.3, 0.4) is 0 Å². The first-order valence-electron chi connectivity index (χ1n) is 12.3. The van der Waals surface area contributed by atoms with Gasteiger partial charge in [0.1, 0.15) is 0 Å². The van der Waals surface area contributed by atoms with E-state index in [1.807, 2.05) is 0 Å². The molecule has 1 saturated heterocycles. The predicted octanol–water partition coefficient (Wildman–Crippen LogP) is -0.130. The van der Waals surface area contributed by atoms with Gasteiger partial charge in [-0.15, -0.1) is 0 Å². The van der Waals surface area contributed by atoms with Crippen LogP contribution in [0.2, 0.25) is 0 Å². The Balaban J connectivity index is 0.00000180. The Morgan fingerprint density at radius 2 is 1.83 bits per heavy atom. The van der Waals surface area contributed by atoms with E-state index >= 15 is 0 Å². The number of aryl methyl sites for hydroxylation is 3. The molecule has 2 N–H and O–H groups in total. The topological polar surface area (TPSA) is 99.6 Å². The Hall–Kier alpha value is -1.59. The third kappa shape index (κ3) is 5.27. The zero-order chi connectivity index (χ0) is 24.0. The average Bonchev–Trinajstić information content (AvgIpc) is 3.54. The van der Waals surface area contributed by atoms with E-state index in [2.05, 4.69) is 40.0 Å². The number of anilines is 2. The molecule has 35 heavy (non-hydrogen) atoms. The maximum Gasteiger partial charge on any atom is 1.00 e. The predicted molar refractivity (Wildman–Crippen MR) is 133 cm³/mol. The van der Waals surface area contributed by atoms with Gasteiger partial charge in [-0.05, 0) is 81.0 Å². The monoisotopic (exact) mass is 510 g/mol.